The topological polar surface area (TPSA) is 9.23 Å². The van der Waals surface area contributed by atoms with Crippen LogP contribution in [0.15, 0.2) is 59.3 Å². The van der Waals surface area contributed by atoms with Crippen molar-refractivity contribution in [3.63, 3.8) is 0 Å². The highest BCUT2D eigenvalue weighted by molar-refractivity contribution is 7.08. The van der Waals surface area contributed by atoms with Crippen LogP contribution in [0.2, 0.25) is 10.0 Å². The molecule has 1 nitrogen and oxygen atoms in total. The zero-order valence-electron chi connectivity index (χ0n) is 12.2. The largest absolute Gasteiger partial charge is 0.489 e. The van der Waals surface area contributed by atoms with Gasteiger partial charge in [0.05, 0.1) is 5.02 Å². The van der Waals surface area contributed by atoms with Crippen LogP contribution in [0.25, 0.3) is 12.2 Å². The molecule has 1 aromatic heterocycles. The van der Waals surface area contributed by atoms with Gasteiger partial charge in [-0.2, -0.15) is 11.3 Å². The summed E-state index contributed by atoms with van der Waals surface area (Å²) >= 11 is 13.5. The molecule has 0 aliphatic heterocycles. The third-order valence-corrected chi connectivity index (χ3v) is 4.80. The van der Waals surface area contributed by atoms with E-state index in [9.17, 15) is 0 Å². The Hall–Kier alpha value is -1.74. The van der Waals surface area contributed by atoms with Gasteiger partial charge in [0.15, 0.2) is 0 Å². The van der Waals surface area contributed by atoms with Gasteiger partial charge in [0, 0.05) is 16.0 Å². The van der Waals surface area contributed by atoms with Crippen LogP contribution in [0, 0.1) is 0 Å². The van der Waals surface area contributed by atoms with Crippen molar-refractivity contribution in [2.24, 2.45) is 0 Å². The first kappa shape index (κ1) is 16.1. The SMILES string of the molecule is Clc1ccc(C=Cc2cccc(OCc3cscc3Cl)c2)cc1. The predicted molar refractivity (Wildman–Crippen MR) is 100 cm³/mol. The summed E-state index contributed by atoms with van der Waals surface area (Å²) in [4.78, 5) is 0. The van der Waals surface area contributed by atoms with Crippen LogP contribution < -0.4 is 4.74 Å². The lowest BCUT2D eigenvalue weighted by Gasteiger charge is -2.06. The summed E-state index contributed by atoms with van der Waals surface area (Å²) < 4.78 is 5.81. The first-order valence-corrected chi connectivity index (χ1v) is 8.78. The maximum Gasteiger partial charge on any atom is 0.120 e. The van der Waals surface area contributed by atoms with Crippen molar-refractivity contribution in [3.8, 4) is 5.75 Å². The average molecular weight is 361 g/mol. The lowest BCUT2D eigenvalue weighted by Crippen LogP contribution is -1.94. The summed E-state index contributed by atoms with van der Waals surface area (Å²) in [5.41, 5.74) is 3.19. The van der Waals surface area contributed by atoms with Gasteiger partial charge in [0.1, 0.15) is 12.4 Å². The number of halogens is 2. The van der Waals surface area contributed by atoms with E-state index in [0.717, 1.165) is 32.5 Å². The molecule has 0 saturated heterocycles. The lowest BCUT2D eigenvalue weighted by molar-refractivity contribution is 0.307. The number of thiophene rings is 1. The molecule has 2 aromatic carbocycles. The Bertz CT molecular complexity index is 806. The second-order valence-corrected chi connectivity index (χ2v) is 6.58. The van der Waals surface area contributed by atoms with E-state index >= 15 is 0 Å². The lowest BCUT2D eigenvalue weighted by atomic mass is 10.1. The molecule has 0 spiro atoms. The van der Waals surface area contributed by atoms with Gasteiger partial charge in [0.2, 0.25) is 0 Å². The van der Waals surface area contributed by atoms with Crippen LogP contribution in [-0.4, -0.2) is 0 Å². The van der Waals surface area contributed by atoms with E-state index in [0.29, 0.717) is 6.61 Å². The molecule has 0 saturated carbocycles. The molecule has 0 aliphatic carbocycles. The van der Waals surface area contributed by atoms with Crippen molar-refractivity contribution in [2.45, 2.75) is 6.61 Å². The van der Waals surface area contributed by atoms with E-state index in [-0.39, 0.29) is 0 Å². The van der Waals surface area contributed by atoms with Crippen LogP contribution in [0.5, 0.6) is 5.75 Å². The second kappa shape index (κ2) is 7.69. The minimum absolute atomic E-state index is 0.479. The Kier molecular flexibility index (Phi) is 5.39. The quantitative estimate of drug-likeness (QED) is 0.454. The van der Waals surface area contributed by atoms with Gasteiger partial charge >= 0.3 is 0 Å². The fourth-order valence-electron chi connectivity index (χ4n) is 2.05. The van der Waals surface area contributed by atoms with Crippen LogP contribution >= 0.6 is 34.5 Å². The van der Waals surface area contributed by atoms with Gasteiger partial charge in [-0.15, -0.1) is 0 Å². The van der Waals surface area contributed by atoms with Crippen molar-refractivity contribution >= 4 is 46.7 Å². The molecular formula is C19H14Cl2OS. The Morgan fingerprint density at radius 3 is 2.43 bits per heavy atom. The predicted octanol–water partition coefficient (Wildman–Crippen LogP) is 6.80. The molecule has 0 atom stereocenters. The smallest absolute Gasteiger partial charge is 0.120 e. The fourth-order valence-corrected chi connectivity index (χ4v) is 3.20. The Balaban J connectivity index is 1.67. The van der Waals surface area contributed by atoms with E-state index < -0.39 is 0 Å². The van der Waals surface area contributed by atoms with Crippen molar-refractivity contribution in [3.05, 3.63) is 86.0 Å². The maximum atomic E-state index is 6.08. The number of hydrogen-bond donors (Lipinski definition) is 0. The van der Waals surface area contributed by atoms with Gasteiger partial charge in [-0.05, 0) is 40.8 Å². The minimum atomic E-state index is 0.479. The molecule has 0 bridgehead atoms. The Morgan fingerprint density at radius 2 is 1.70 bits per heavy atom. The van der Waals surface area contributed by atoms with Gasteiger partial charge in [-0.1, -0.05) is 59.6 Å². The number of hydrogen-bond acceptors (Lipinski definition) is 2. The van der Waals surface area contributed by atoms with Gasteiger partial charge in [0.25, 0.3) is 0 Å². The van der Waals surface area contributed by atoms with Gasteiger partial charge in [-0.3, -0.25) is 0 Å². The highest BCUT2D eigenvalue weighted by atomic mass is 35.5. The zero-order valence-corrected chi connectivity index (χ0v) is 14.5. The minimum Gasteiger partial charge on any atom is -0.489 e. The van der Waals surface area contributed by atoms with Crippen molar-refractivity contribution in [1.29, 1.82) is 0 Å². The van der Waals surface area contributed by atoms with Crippen molar-refractivity contribution < 1.29 is 4.74 Å². The molecule has 4 heteroatoms. The molecular weight excluding hydrogens is 347 g/mol. The third-order valence-electron chi connectivity index (χ3n) is 3.28. The second-order valence-electron chi connectivity index (χ2n) is 4.99. The van der Waals surface area contributed by atoms with E-state index in [2.05, 4.69) is 0 Å². The van der Waals surface area contributed by atoms with Crippen molar-refractivity contribution in [2.75, 3.05) is 0 Å². The highest BCUT2D eigenvalue weighted by Gasteiger charge is 2.02. The van der Waals surface area contributed by atoms with Crippen LogP contribution in [0.4, 0.5) is 0 Å². The zero-order chi connectivity index (χ0) is 16.1. The highest BCUT2D eigenvalue weighted by Crippen LogP contribution is 2.23. The van der Waals surface area contributed by atoms with Crippen LogP contribution in [-0.2, 0) is 6.61 Å². The molecule has 0 fully saturated rings. The standard InChI is InChI=1S/C19H14Cl2OS/c20-17-8-6-14(7-9-17)4-5-15-2-1-3-18(10-15)22-11-16-12-23-13-19(16)21/h1-10,12-13H,11H2. The Labute approximate surface area is 149 Å². The number of rotatable bonds is 5. The summed E-state index contributed by atoms with van der Waals surface area (Å²) in [5.74, 6) is 0.825. The number of ether oxygens (including phenoxy) is 1. The monoisotopic (exact) mass is 360 g/mol. The van der Waals surface area contributed by atoms with E-state index in [1.807, 2.05) is 71.4 Å². The summed E-state index contributed by atoms with van der Waals surface area (Å²) in [5, 5.41) is 5.41. The average Bonchev–Trinajstić information content (AvgIpc) is 2.98. The molecule has 3 aromatic rings. The summed E-state index contributed by atoms with van der Waals surface area (Å²) in [6, 6.07) is 15.7. The molecule has 0 amide bonds. The molecule has 0 N–H and O–H groups in total. The first-order valence-electron chi connectivity index (χ1n) is 7.08. The summed E-state index contributed by atoms with van der Waals surface area (Å²) in [7, 11) is 0. The van der Waals surface area contributed by atoms with E-state index in [4.69, 9.17) is 27.9 Å². The van der Waals surface area contributed by atoms with Crippen LogP contribution in [0.1, 0.15) is 16.7 Å². The van der Waals surface area contributed by atoms with E-state index in [1.165, 1.54) is 0 Å². The Morgan fingerprint density at radius 1 is 0.913 bits per heavy atom. The van der Waals surface area contributed by atoms with Gasteiger partial charge < -0.3 is 4.74 Å². The normalized spacial score (nSPS) is 11.0. The molecule has 116 valence electrons. The first-order chi connectivity index (χ1) is 11.2. The van der Waals surface area contributed by atoms with E-state index in [1.54, 1.807) is 11.3 Å². The molecule has 23 heavy (non-hydrogen) atoms. The van der Waals surface area contributed by atoms with Gasteiger partial charge in [-0.25, -0.2) is 0 Å². The molecule has 0 unspecified atom stereocenters. The third kappa shape index (κ3) is 4.61. The summed E-state index contributed by atoms with van der Waals surface area (Å²) in [6.45, 7) is 0.479. The van der Waals surface area contributed by atoms with Crippen molar-refractivity contribution in [1.82, 2.24) is 0 Å². The van der Waals surface area contributed by atoms with Crippen LogP contribution in [0.3, 0.4) is 0 Å². The molecule has 0 aliphatic rings. The molecule has 1 heterocycles. The maximum absolute atomic E-state index is 6.08. The number of benzene rings is 2. The molecule has 0 radical (unpaired) electrons. The molecule has 3 rings (SSSR count). The summed E-state index contributed by atoms with van der Waals surface area (Å²) in [6.07, 6.45) is 4.10. The fraction of sp³-hybridized carbons (Fsp3) is 0.0526.